The quantitative estimate of drug-likeness (QED) is 0.723. The lowest BCUT2D eigenvalue weighted by molar-refractivity contribution is 0.0940. The Morgan fingerprint density at radius 3 is 2.54 bits per heavy atom. The Bertz CT molecular complexity index is 308. The first kappa shape index (κ1) is 9.58. The molecule has 0 heterocycles. The van der Waals surface area contributed by atoms with Crippen LogP contribution in [0.5, 0.6) is 5.75 Å². The van der Waals surface area contributed by atoms with E-state index >= 15 is 0 Å². The van der Waals surface area contributed by atoms with Crippen molar-refractivity contribution in [1.29, 1.82) is 0 Å². The molecule has 3 heteroatoms. The zero-order chi connectivity index (χ0) is 9.84. The molecule has 70 valence electrons. The van der Waals surface area contributed by atoms with Crippen molar-refractivity contribution in [2.75, 3.05) is 0 Å². The number of para-hydroxylation sites is 1. The maximum absolute atomic E-state index is 11.4. The number of hydrogen-bond acceptors (Lipinski definition) is 2. The van der Waals surface area contributed by atoms with E-state index in [1.165, 1.54) is 6.07 Å². The first-order valence-corrected chi connectivity index (χ1v) is 4.20. The standard InChI is InChI=1S/C10H13NO2/c1-7(2)11-10(13)8-5-3-4-6-9(8)12/h3-7,12H,1-2H3,(H,11,13). The fourth-order valence-corrected chi connectivity index (χ4v) is 1.01. The molecule has 2 N–H and O–H groups in total. The monoisotopic (exact) mass is 179 g/mol. The van der Waals surface area contributed by atoms with Gasteiger partial charge in [0.05, 0.1) is 5.56 Å². The van der Waals surface area contributed by atoms with Gasteiger partial charge in [0, 0.05) is 6.04 Å². The van der Waals surface area contributed by atoms with Gasteiger partial charge >= 0.3 is 0 Å². The summed E-state index contributed by atoms with van der Waals surface area (Å²) in [5, 5.41) is 12.0. The van der Waals surface area contributed by atoms with Gasteiger partial charge in [-0.15, -0.1) is 0 Å². The first-order valence-electron chi connectivity index (χ1n) is 4.20. The smallest absolute Gasteiger partial charge is 0.255 e. The predicted octanol–water partition coefficient (Wildman–Crippen LogP) is 1.53. The van der Waals surface area contributed by atoms with Crippen LogP contribution in [0, 0.1) is 0 Å². The van der Waals surface area contributed by atoms with E-state index in [1.54, 1.807) is 18.2 Å². The number of aromatic hydroxyl groups is 1. The van der Waals surface area contributed by atoms with Gasteiger partial charge in [0.15, 0.2) is 0 Å². The number of carbonyl (C=O) groups excluding carboxylic acids is 1. The molecule has 0 spiro atoms. The van der Waals surface area contributed by atoms with E-state index in [1.807, 2.05) is 13.8 Å². The number of carbonyl (C=O) groups is 1. The van der Waals surface area contributed by atoms with Gasteiger partial charge in [-0.25, -0.2) is 0 Å². The number of benzene rings is 1. The Balaban J connectivity index is 2.83. The molecule has 1 amide bonds. The van der Waals surface area contributed by atoms with Crippen LogP contribution in [-0.2, 0) is 0 Å². The summed E-state index contributed by atoms with van der Waals surface area (Å²) in [6.45, 7) is 3.75. The number of phenols is 1. The fraction of sp³-hybridized carbons (Fsp3) is 0.300. The van der Waals surface area contributed by atoms with Gasteiger partial charge in [0.25, 0.3) is 5.91 Å². The number of nitrogens with one attached hydrogen (secondary N) is 1. The van der Waals surface area contributed by atoms with E-state index in [0.717, 1.165) is 0 Å². The van der Waals surface area contributed by atoms with Crippen LogP contribution in [0.3, 0.4) is 0 Å². The summed E-state index contributed by atoms with van der Waals surface area (Å²) in [6, 6.07) is 6.56. The summed E-state index contributed by atoms with van der Waals surface area (Å²) in [5.74, 6) is -0.228. The molecule has 0 atom stereocenters. The molecular formula is C10H13NO2. The second kappa shape index (κ2) is 3.94. The Kier molecular flexibility index (Phi) is 2.90. The Labute approximate surface area is 77.4 Å². The number of phenolic OH excluding ortho intramolecular Hbond substituents is 1. The van der Waals surface area contributed by atoms with E-state index in [-0.39, 0.29) is 17.7 Å². The summed E-state index contributed by atoms with van der Waals surface area (Å²) in [4.78, 5) is 11.4. The van der Waals surface area contributed by atoms with E-state index < -0.39 is 0 Å². The summed E-state index contributed by atoms with van der Waals surface area (Å²) in [6.07, 6.45) is 0. The molecule has 1 aromatic carbocycles. The third-order valence-corrected chi connectivity index (χ3v) is 1.57. The number of hydrogen-bond donors (Lipinski definition) is 2. The van der Waals surface area contributed by atoms with Crippen molar-refractivity contribution in [2.45, 2.75) is 19.9 Å². The van der Waals surface area contributed by atoms with Crippen LogP contribution in [0.15, 0.2) is 24.3 Å². The van der Waals surface area contributed by atoms with Crippen molar-refractivity contribution in [2.24, 2.45) is 0 Å². The first-order chi connectivity index (χ1) is 6.11. The fourth-order valence-electron chi connectivity index (χ4n) is 1.01. The summed E-state index contributed by atoms with van der Waals surface area (Å²) in [5.41, 5.74) is 0.316. The van der Waals surface area contributed by atoms with Crippen molar-refractivity contribution in [3.8, 4) is 5.75 Å². The minimum absolute atomic E-state index is 0.0145. The van der Waals surface area contributed by atoms with Gasteiger partial charge in [-0.05, 0) is 26.0 Å². The maximum atomic E-state index is 11.4. The van der Waals surface area contributed by atoms with Gasteiger partial charge in [0.2, 0.25) is 0 Å². The average Bonchev–Trinajstić information content (AvgIpc) is 2.03. The van der Waals surface area contributed by atoms with E-state index in [2.05, 4.69) is 5.32 Å². The molecule has 0 fully saturated rings. The van der Waals surface area contributed by atoms with Crippen LogP contribution < -0.4 is 5.32 Å². The molecule has 0 saturated heterocycles. The van der Waals surface area contributed by atoms with Gasteiger partial charge in [-0.2, -0.15) is 0 Å². The Morgan fingerprint density at radius 2 is 2.00 bits per heavy atom. The van der Waals surface area contributed by atoms with E-state index in [9.17, 15) is 9.90 Å². The van der Waals surface area contributed by atoms with E-state index in [0.29, 0.717) is 5.56 Å². The van der Waals surface area contributed by atoms with Crippen molar-refractivity contribution in [1.82, 2.24) is 5.32 Å². The second-order valence-corrected chi connectivity index (χ2v) is 3.15. The maximum Gasteiger partial charge on any atom is 0.255 e. The lowest BCUT2D eigenvalue weighted by atomic mass is 10.2. The third-order valence-electron chi connectivity index (χ3n) is 1.57. The minimum Gasteiger partial charge on any atom is -0.507 e. The summed E-state index contributed by atoms with van der Waals surface area (Å²) < 4.78 is 0. The normalized spacial score (nSPS) is 10.1. The Hall–Kier alpha value is -1.51. The molecular weight excluding hydrogens is 166 g/mol. The molecule has 13 heavy (non-hydrogen) atoms. The molecule has 1 rings (SSSR count). The summed E-state index contributed by atoms with van der Waals surface area (Å²) in [7, 11) is 0. The molecule has 3 nitrogen and oxygen atoms in total. The lowest BCUT2D eigenvalue weighted by Gasteiger charge is -2.08. The van der Waals surface area contributed by atoms with Gasteiger partial charge in [-0.3, -0.25) is 4.79 Å². The Morgan fingerprint density at radius 1 is 1.38 bits per heavy atom. The molecule has 0 aromatic heterocycles. The largest absolute Gasteiger partial charge is 0.507 e. The molecule has 0 saturated carbocycles. The van der Waals surface area contributed by atoms with Gasteiger partial charge < -0.3 is 10.4 Å². The topological polar surface area (TPSA) is 49.3 Å². The van der Waals surface area contributed by atoms with E-state index in [4.69, 9.17) is 0 Å². The molecule has 0 aliphatic carbocycles. The molecule has 0 radical (unpaired) electrons. The molecule has 1 aromatic rings. The lowest BCUT2D eigenvalue weighted by Crippen LogP contribution is -2.30. The van der Waals surface area contributed by atoms with Gasteiger partial charge in [-0.1, -0.05) is 12.1 Å². The summed E-state index contributed by atoms with van der Waals surface area (Å²) >= 11 is 0. The molecule has 0 aliphatic rings. The van der Waals surface area contributed by atoms with Crippen molar-refractivity contribution >= 4 is 5.91 Å². The highest BCUT2D eigenvalue weighted by molar-refractivity contribution is 5.96. The highest BCUT2D eigenvalue weighted by atomic mass is 16.3. The SMILES string of the molecule is CC(C)NC(=O)c1ccccc1O. The van der Waals surface area contributed by atoms with Crippen molar-refractivity contribution in [3.05, 3.63) is 29.8 Å². The second-order valence-electron chi connectivity index (χ2n) is 3.15. The zero-order valence-corrected chi connectivity index (χ0v) is 7.74. The zero-order valence-electron chi connectivity index (χ0n) is 7.74. The highest BCUT2D eigenvalue weighted by Crippen LogP contribution is 2.14. The molecule has 0 unspecified atom stereocenters. The third kappa shape index (κ3) is 2.47. The molecule has 0 bridgehead atoms. The van der Waals surface area contributed by atoms with Crippen LogP contribution >= 0.6 is 0 Å². The van der Waals surface area contributed by atoms with Crippen LogP contribution in [0.25, 0.3) is 0 Å². The number of amides is 1. The number of rotatable bonds is 2. The minimum atomic E-state index is -0.242. The van der Waals surface area contributed by atoms with Crippen LogP contribution in [0.2, 0.25) is 0 Å². The van der Waals surface area contributed by atoms with Crippen molar-refractivity contribution in [3.63, 3.8) is 0 Å². The predicted molar refractivity (Wildman–Crippen MR) is 50.7 cm³/mol. The van der Waals surface area contributed by atoms with Crippen LogP contribution in [0.1, 0.15) is 24.2 Å². The average molecular weight is 179 g/mol. The van der Waals surface area contributed by atoms with Crippen molar-refractivity contribution < 1.29 is 9.90 Å². The highest BCUT2D eigenvalue weighted by Gasteiger charge is 2.09. The van der Waals surface area contributed by atoms with Crippen LogP contribution in [0.4, 0.5) is 0 Å². The van der Waals surface area contributed by atoms with Gasteiger partial charge in [0.1, 0.15) is 5.75 Å². The van der Waals surface area contributed by atoms with Crippen LogP contribution in [-0.4, -0.2) is 17.1 Å². The molecule has 0 aliphatic heterocycles.